The molecular weight excluding hydrogens is 258 g/mol. The van der Waals surface area contributed by atoms with Gasteiger partial charge in [0, 0.05) is 18.3 Å². The van der Waals surface area contributed by atoms with Crippen LogP contribution in [0, 0.1) is 12.3 Å². The minimum atomic E-state index is -0.0648. The Morgan fingerprint density at radius 3 is 3.00 bits per heavy atom. The molecule has 0 aromatic carbocycles. The highest BCUT2D eigenvalue weighted by molar-refractivity contribution is 5.47. The van der Waals surface area contributed by atoms with Crippen LogP contribution >= 0.6 is 0 Å². The van der Waals surface area contributed by atoms with Gasteiger partial charge < -0.3 is 20.5 Å². The lowest BCUT2D eigenvalue weighted by molar-refractivity contribution is -0.109. The van der Waals surface area contributed by atoms with Gasteiger partial charge in [-0.2, -0.15) is 0 Å². The first-order chi connectivity index (χ1) is 9.71. The van der Waals surface area contributed by atoms with Gasteiger partial charge in [0.1, 0.15) is 11.4 Å². The largest absolute Gasteiger partial charge is 0.495 e. The summed E-state index contributed by atoms with van der Waals surface area (Å²) in [5.74, 6) is 3.03. The minimum Gasteiger partial charge on any atom is -0.495 e. The Morgan fingerprint density at radius 1 is 1.75 bits per heavy atom. The normalized spacial score (nSPS) is 16.6. The second kappa shape index (κ2) is 8.91. The lowest BCUT2D eigenvalue weighted by Gasteiger charge is -2.06. The van der Waals surface area contributed by atoms with Crippen molar-refractivity contribution < 1.29 is 14.6 Å². The predicted molar refractivity (Wildman–Crippen MR) is 75.1 cm³/mol. The topological polar surface area (TPSA) is 83.5 Å². The quantitative estimate of drug-likeness (QED) is 0.518. The number of amides is 1. The van der Waals surface area contributed by atoms with Crippen LogP contribution in [0.5, 0.6) is 5.75 Å². The van der Waals surface area contributed by atoms with E-state index in [1.807, 2.05) is 0 Å². The Labute approximate surface area is 118 Å². The third kappa shape index (κ3) is 5.26. The van der Waals surface area contributed by atoms with E-state index in [2.05, 4.69) is 21.5 Å². The van der Waals surface area contributed by atoms with Gasteiger partial charge in [0.2, 0.25) is 6.41 Å². The second-order valence-electron chi connectivity index (χ2n) is 4.16. The number of pyridine rings is 1. The molecule has 1 amide bonds. The summed E-state index contributed by atoms with van der Waals surface area (Å²) in [5.41, 5.74) is 1.30. The zero-order valence-corrected chi connectivity index (χ0v) is 11.4. The fourth-order valence-corrected chi connectivity index (χ4v) is 1.64. The molecule has 1 atom stereocenters. The van der Waals surface area contributed by atoms with Crippen LogP contribution in [0.15, 0.2) is 12.3 Å². The zero-order valence-electron chi connectivity index (χ0n) is 11.4. The van der Waals surface area contributed by atoms with E-state index in [9.17, 15) is 4.79 Å². The number of methoxy groups -OCH3 is 1. The molecule has 1 aromatic heterocycles. The average Bonchev–Trinajstić information content (AvgIpc) is 2.96. The molecule has 1 aromatic rings. The first-order valence-corrected chi connectivity index (χ1v) is 6.26. The van der Waals surface area contributed by atoms with Gasteiger partial charge in [-0.15, -0.1) is 6.42 Å². The number of carbonyl (C=O) groups is 1. The summed E-state index contributed by atoms with van der Waals surface area (Å²) < 4.78 is 5.07. The van der Waals surface area contributed by atoms with Gasteiger partial charge in [0.05, 0.1) is 19.8 Å². The predicted octanol–water partition coefficient (Wildman–Crippen LogP) is -0.342. The van der Waals surface area contributed by atoms with Crippen LogP contribution < -0.4 is 15.4 Å². The molecule has 2 rings (SSSR count). The van der Waals surface area contributed by atoms with Crippen molar-refractivity contribution in [3.63, 3.8) is 0 Å². The monoisotopic (exact) mass is 277 g/mol. The van der Waals surface area contributed by atoms with E-state index in [4.69, 9.17) is 16.3 Å². The number of β-amino-alcohol motifs (C(OH)–C–C–N with tert-alkyl or cyclic N) is 1. The minimum absolute atomic E-state index is 0.0648. The number of nitrogens with one attached hydrogen (secondary N) is 2. The van der Waals surface area contributed by atoms with Gasteiger partial charge in [-0.05, 0) is 19.0 Å². The van der Waals surface area contributed by atoms with Crippen molar-refractivity contribution in [1.82, 2.24) is 15.6 Å². The van der Waals surface area contributed by atoms with Gasteiger partial charge >= 0.3 is 0 Å². The lowest BCUT2D eigenvalue weighted by Crippen LogP contribution is -2.12. The van der Waals surface area contributed by atoms with Crippen molar-refractivity contribution in [1.29, 1.82) is 0 Å². The van der Waals surface area contributed by atoms with Gasteiger partial charge in [-0.25, -0.2) is 0 Å². The van der Waals surface area contributed by atoms with Crippen molar-refractivity contribution >= 4 is 6.41 Å². The third-order valence-electron chi connectivity index (χ3n) is 2.70. The van der Waals surface area contributed by atoms with Crippen LogP contribution in [0.2, 0.25) is 0 Å². The van der Waals surface area contributed by atoms with Crippen LogP contribution in [-0.4, -0.2) is 42.8 Å². The molecular formula is C14H19N3O3. The lowest BCUT2D eigenvalue weighted by atomic mass is 10.2. The fourth-order valence-electron chi connectivity index (χ4n) is 1.64. The number of nitrogens with zero attached hydrogens (tertiary/aromatic N) is 1. The molecule has 0 bridgehead atoms. The molecule has 108 valence electrons. The molecule has 0 aliphatic carbocycles. The summed E-state index contributed by atoms with van der Waals surface area (Å²) in [6.07, 6.45) is 8.24. The number of rotatable bonds is 4. The second-order valence-corrected chi connectivity index (χ2v) is 4.16. The maximum absolute atomic E-state index is 10.1. The highest BCUT2D eigenvalue weighted by Crippen LogP contribution is 2.16. The third-order valence-corrected chi connectivity index (χ3v) is 2.70. The van der Waals surface area contributed by atoms with E-state index >= 15 is 0 Å². The number of ether oxygens (including phenoxy) is 1. The van der Waals surface area contributed by atoms with Crippen molar-refractivity contribution in [2.75, 3.05) is 20.2 Å². The maximum Gasteiger partial charge on any atom is 0.207 e. The van der Waals surface area contributed by atoms with Crippen molar-refractivity contribution in [3.8, 4) is 18.1 Å². The molecule has 0 spiro atoms. The summed E-state index contributed by atoms with van der Waals surface area (Å²) in [4.78, 5) is 14.2. The first-order valence-electron chi connectivity index (χ1n) is 6.26. The summed E-state index contributed by atoms with van der Waals surface area (Å²) in [5, 5.41) is 14.2. The summed E-state index contributed by atoms with van der Waals surface area (Å²) in [7, 11) is 1.53. The van der Waals surface area contributed by atoms with E-state index in [1.165, 1.54) is 7.11 Å². The van der Waals surface area contributed by atoms with E-state index in [1.54, 1.807) is 12.3 Å². The highest BCUT2D eigenvalue weighted by atomic mass is 16.5. The van der Waals surface area contributed by atoms with Crippen molar-refractivity contribution in [2.24, 2.45) is 0 Å². The smallest absolute Gasteiger partial charge is 0.207 e. The standard InChI is InChI=1S/C10H10N2O2.C4H9NO/c1-3-8-4-10(14-2)9(12-5-8)6-11-7-13;6-4-1-2-5-3-4/h1,4-5,7H,6H2,2H3,(H,11,13);4-6H,1-3H2. The van der Waals surface area contributed by atoms with Crippen LogP contribution in [0.3, 0.4) is 0 Å². The van der Waals surface area contributed by atoms with E-state index in [0.29, 0.717) is 30.0 Å². The van der Waals surface area contributed by atoms with Crippen LogP contribution in [0.1, 0.15) is 17.7 Å². The zero-order chi connectivity index (χ0) is 14.8. The van der Waals surface area contributed by atoms with Gasteiger partial charge in [-0.1, -0.05) is 5.92 Å². The molecule has 3 N–H and O–H groups in total. The first kappa shape index (κ1) is 16.0. The summed E-state index contributed by atoms with van der Waals surface area (Å²) in [6.45, 7) is 2.11. The van der Waals surface area contributed by atoms with Crippen molar-refractivity contribution in [2.45, 2.75) is 19.1 Å². The molecule has 0 saturated carbocycles. The SMILES string of the molecule is C#Cc1cnc(CNC=O)c(OC)c1.OC1CCNC1. The van der Waals surface area contributed by atoms with E-state index in [0.717, 1.165) is 19.5 Å². The fraction of sp³-hybridized carbons (Fsp3) is 0.429. The molecule has 0 radical (unpaired) electrons. The van der Waals surface area contributed by atoms with Crippen LogP contribution in [0.4, 0.5) is 0 Å². The molecule has 1 aliphatic heterocycles. The molecule has 2 heterocycles. The summed E-state index contributed by atoms with van der Waals surface area (Å²) >= 11 is 0. The van der Waals surface area contributed by atoms with E-state index < -0.39 is 0 Å². The Balaban J connectivity index is 0.000000276. The average molecular weight is 277 g/mol. The number of hydrogen-bond donors (Lipinski definition) is 3. The summed E-state index contributed by atoms with van der Waals surface area (Å²) in [6, 6.07) is 1.70. The molecule has 6 nitrogen and oxygen atoms in total. The van der Waals surface area contributed by atoms with Crippen LogP contribution in [-0.2, 0) is 11.3 Å². The van der Waals surface area contributed by atoms with E-state index in [-0.39, 0.29) is 6.10 Å². The molecule has 1 fully saturated rings. The number of aliphatic hydroxyl groups is 1. The molecule has 1 aliphatic rings. The number of aromatic nitrogens is 1. The molecule has 20 heavy (non-hydrogen) atoms. The van der Waals surface area contributed by atoms with Gasteiger partial charge in [0.25, 0.3) is 0 Å². The maximum atomic E-state index is 10.1. The highest BCUT2D eigenvalue weighted by Gasteiger charge is 2.08. The Hall–Kier alpha value is -2.10. The Kier molecular flexibility index (Phi) is 7.11. The van der Waals surface area contributed by atoms with Gasteiger partial charge in [0.15, 0.2) is 0 Å². The number of aliphatic hydroxyl groups excluding tert-OH is 1. The van der Waals surface area contributed by atoms with Gasteiger partial charge in [-0.3, -0.25) is 9.78 Å². The van der Waals surface area contributed by atoms with Crippen molar-refractivity contribution in [3.05, 3.63) is 23.5 Å². The number of terminal acetylenes is 1. The Morgan fingerprint density at radius 2 is 2.55 bits per heavy atom. The van der Waals surface area contributed by atoms with Crippen LogP contribution in [0.25, 0.3) is 0 Å². The molecule has 1 unspecified atom stereocenters. The number of carbonyl (C=O) groups excluding carboxylic acids is 1. The molecule has 1 saturated heterocycles. The Bertz CT molecular complexity index is 465. The molecule has 6 heteroatoms. The number of hydrogen-bond acceptors (Lipinski definition) is 5.